The number of benzene rings is 2. The number of sulfonamides is 1. The Morgan fingerprint density at radius 3 is 2.52 bits per heavy atom. The van der Waals surface area contributed by atoms with Gasteiger partial charge in [0.05, 0.1) is 21.2 Å². The lowest BCUT2D eigenvalue weighted by atomic mass is 10.2. The first-order chi connectivity index (χ1) is 9.79. The number of hydrogen-bond acceptors (Lipinski definition) is 3. The van der Waals surface area contributed by atoms with Gasteiger partial charge in [-0.15, -0.1) is 0 Å². The van der Waals surface area contributed by atoms with E-state index in [1.165, 1.54) is 36.4 Å². The van der Waals surface area contributed by atoms with Crippen LogP contribution < -0.4 is 4.72 Å². The van der Waals surface area contributed by atoms with E-state index in [0.29, 0.717) is 15.2 Å². The molecule has 0 bridgehead atoms. The van der Waals surface area contributed by atoms with E-state index in [9.17, 15) is 13.2 Å². The maximum absolute atomic E-state index is 12.2. The van der Waals surface area contributed by atoms with Crippen LogP contribution in [0.2, 0.25) is 5.02 Å². The summed E-state index contributed by atoms with van der Waals surface area (Å²) in [5.74, 6) is -1.19. The topological polar surface area (TPSA) is 83.5 Å². The number of hydrogen-bond donors (Lipinski definition) is 2. The van der Waals surface area contributed by atoms with E-state index < -0.39 is 16.0 Å². The van der Waals surface area contributed by atoms with Gasteiger partial charge in [-0.25, -0.2) is 13.2 Å². The van der Waals surface area contributed by atoms with Crippen molar-refractivity contribution < 1.29 is 18.3 Å². The third kappa shape index (κ3) is 3.75. The van der Waals surface area contributed by atoms with Gasteiger partial charge in [-0.2, -0.15) is 0 Å². The summed E-state index contributed by atoms with van der Waals surface area (Å²) < 4.78 is 27.3. The van der Waals surface area contributed by atoms with E-state index in [-0.39, 0.29) is 10.5 Å². The van der Waals surface area contributed by atoms with Crippen molar-refractivity contribution in [2.45, 2.75) is 4.90 Å². The molecular weight excluding hydrogens is 382 g/mol. The SMILES string of the molecule is O=C(O)c1cccc(S(=O)(=O)Nc2ccc(Cl)c(Br)c2)c1. The Morgan fingerprint density at radius 1 is 1.19 bits per heavy atom. The van der Waals surface area contributed by atoms with Crippen LogP contribution in [-0.2, 0) is 10.0 Å². The molecule has 2 aromatic rings. The Morgan fingerprint density at radius 2 is 1.90 bits per heavy atom. The first-order valence-electron chi connectivity index (χ1n) is 5.61. The highest BCUT2D eigenvalue weighted by molar-refractivity contribution is 9.10. The smallest absolute Gasteiger partial charge is 0.335 e. The minimum Gasteiger partial charge on any atom is -0.478 e. The minimum absolute atomic E-state index is 0.102. The number of carbonyl (C=O) groups is 1. The summed E-state index contributed by atoms with van der Waals surface area (Å²) in [6.07, 6.45) is 0. The maximum atomic E-state index is 12.2. The van der Waals surface area contributed by atoms with Gasteiger partial charge in [-0.1, -0.05) is 17.7 Å². The molecule has 0 atom stereocenters. The summed E-state index contributed by atoms with van der Waals surface area (Å²) in [6.45, 7) is 0. The first kappa shape index (κ1) is 15.8. The van der Waals surface area contributed by atoms with Crippen LogP contribution in [-0.4, -0.2) is 19.5 Å². The van der Waals surface area contributed by atoms with Crippen LogP contribution in [0.3, 0.4) is 0 Å². The molecular formula is C13H9BrClNO4S. The molecule has 0 heterocycles. The molecule has 0 saturated carbocycles. The summed E-state index contributed by atoms with van der Waals surface area (Å²) in [6, 6.07) is 9.66. The lowest BCUT2D eigenvalue weighted by Crippen LogP contribution is -2.13. The molecule has 0 amide bonds. The molecule has 8 heteroatoms. The third-order valence-electron chi connectivity index (χ3n) is 2.56. The van der Waals surface area contributed by atoms with Crippen LogP contribution in [0.25, 0.3) is 0 Å². The van der Waals surface area contributed by atoms with Gasteiger partial charge in [0.1, 0.15) is 0 Å². The highest BCUT2D eigenvalue weighted by Crippen LogP contribution is 2.27. The van der Waals surface area contributed by atoms with Gasteiger partial charge in [0.25, 0.3) is 10.0 Å². The lowest BCUT2D eigenvalue weighted by Gasteiger charge is -2.09. The Balaban J connectivity index is 2.36. The highest BCUT2D eigenvalue weighted by atomic mass is 79.9. The van der Waals surface area contributed by atoms with E-state index >= 15 is 0 Å². The van der Waals surface area contributed by atoms with Crippen molar-refractivity contribution in [1.82, 2.24) is 0 Å². The van der Waals surface area contributed by atoms with E-state index in [2.05, 4.69) is 20.7 Å². The zero-order chi connectivity index (χ0) is 15.6. The zero-order valence-electron chi connectivity index (χ0n) is 10.4. The van der Waals surface area contributed by atoms with E-state index in [0.717, 1.165) is 6.07 Å². The van der Waals surface area contributed by atoms with Crippen LogP contribution in [0.15, 0.2) is 51.8 Å². The van der Waals surface area contributed by atoms with E-state index in [1.807, 2.05) is 0 Å². The lowest BCUT2D eigenvalue weighted by molar-refractivity contribution is 0.0696. The molecule has 0 saturated heterocycles. The number of halogens is 2. The van der Waals surface area contributed by atoms with E-state index in [1.54, 1.807) is 0 Å². The predicted molar refractivity (Wildman–Crippen MR) is 83.4 cm³/mol. The van der Waals surface area contributed by atoms with Gasteiger partial charge in [0, 0.05) is 4.47 Å². The van der Waals surface area contributed by atoms with Crippen molar-refractivity contribution in [3.05, 3.63) is 57.5 Å². The molecule has 0 aromatic heterocycles. The van der Waals surface area contributed by atoms with Crippen LogP contribution >= 0.6 is 27.5 Å². The average molecular weight is 391 g/mol. The molecule has 0 fully saturated rings. The standard InChI is InChI=1S/C13H9BrClNO4S/c14-11-7-9(4-5-12(11)15)16-21(19,20)10-3-1-2-8(6-10)13(17)18/h1-7,16H,(H,17,18). The Bertz CT molecular complexity index is 808. The second kappa shape index (κ2) is 6.05. The second-order valence-corrected chi connectivity index (χ2v) is 7.01. The fourth-order valence-corrected chi connectivity index (χ4v) is 3.16. The van der Waals surface area contributed by atoms with Crippen LogP contribution in [0.5, 0.6) is 0 Å². The molecule has 2 aromatic carbocycles. The quantitative estimate of drug-likeness (QED) is 0.835. The van der Waals surface area contributed by atoms with Crippen LogP contribution in [0.4, 0.5) is 5.69 Å². The largest absolute Gasteiger partial charge is 0.478 e. The van der Waals surface area contributed by atoms with Crippen molar-refractivity contribution in [3.8, 4) is 0 Å². The number of anilines is 1. The van der Waals surface area contributed by atoms with Gasteiger partial charge in [-0.05, 0) is 52.3 Å². The van der Waals surface area contributed by atoms with Gasteiger partial charge in [0.15, 0.2) is 0 Å². The van der Waals surface area contributed by atoms with Crippen molar-refractivity contribution in [2.75, 3.05) is 4.72 Å². The summed E-state index contributed by atoms with van der Waals surface area (Å²) in [7, 11) is -3.88. The molecule has 21 heavy (non-hydrogen) atoms. The molecule has 0 unspecified atom stereocenters. The number of carboxylic acids is 1. The Kier molecular flexibility index (Phi) is 4.55. The molecule has 2 rings (SSSR count). The molecule has 110 valence electrons. The summed E-state index contributed by atoms with van der Waals surface area (Å²) in [4.78, 5) is 10.8. The van der Waals surface area contributed by atoms with Crippen LogP contribution in [0.1, 0.15) is 10.4 Å². The second-order valence-electron chi connectivity index (χ2n) is 4.07. The van der Waals surface area contributed by atoms with Crippen LogP contribution in [0, 0.1) is 0 Å². The first-order valence-corrected chi connectivity index (χ1v) is 8.26. The normalized spacial score (nSPS) is 11.1. The number of carboxylic acid groups (broad SMARTS) is 1. The van der Waals surface area contributed by atoms with Gasteiger partial charge >= 0.3 is 5.97 Å². The minimum atomic E-state index is -3.88. The Labute approximate surface area is 134 Å². The molecule has 5 nitrogen and oxygen atoms in total. The third-order valence-corrected chi connectivity index (χ3v) is 5.16. The fourth-order valence-electron chi connectivity index (χ4n) is 1.57. The van der Waals surface area contributed by atoms with Gasteiger partial charge in [-0.3, -0.25) is 4.72 Å². The van der Waals surface area contributed by atoms with Crippen molar-refractivity contribution in [3.63, 3.8) is 0 Å². The monoisotopic (exact) mass is 389 g/mol. The highest BCUT2D eigenvalue weighted by Gasteiger charge is 2.16. The molecule has 0 aliphatic rings. The fraction of sp³-hybridized carbons (Fsp3) is 0. The predicted octanol–water partition coefficient (Wildman–Crippen LogP) is 3.60. The van der Waals surface area contributed by atoms with E-state index in [4.69, 9.17) is 16.7 Å². The Hall–Kier alpha value is -1.57. The van der Waals surface area contributed by atoms with Crippen molar-refractivity contribution >= 4 is 49.2 Å². The number of aromatic carboxylic acids is 1. The summed E-state index contributed by atoms with van der Waals surface area (Å²) >= 11 is 9.03. The number of rotatable bonds is 4. The molecule has 0 radical (unpaired) electrons. The number of nitrogens with one attached hydrogen (secondary N) is 1. The zero-order valence-corrected chi connectivity index (χ0v) is 13.5. The van der Waals surface area contributed by atoms with Gasteiger partial charge < -0.3 is 5.11 Å². The molecule has 0 spiro atoms. The average Bonchev–Trinajstić information content (AvgIpc) is 2.43. The summed E-state index contributed by atoms with van der Waals surface area (Å²) in [5, 5.41) is 9.35. The van der Waals surface area contributed by atoms with Gasteiger partial charge in [0.2, 0.25) is 0 Å². The summed E-state index contributed by atoms with van der Waals surface area (Å²) in [5.41, 5.74) is 0.210. The van der Waals surface area contributed by atoms with Crippen molar-refractivity contribution in [2.24, 2.45) is 0 Å². The molecule has 2 N–H and O–H groups in total. The molecule has 0 aliphatic carbocycles. The molecule has 0 aliphatic heterocycles. The van der Waals surface area contributed by atoms with Crippen molar-refractivity contribution in [1.29, 1.82) is 0 Å². The maximum Gasteiger partial charge on any atom is 0.335 e.